The maximum absolute atomic E-state index is 5.55. The zero-order valence-corrected chi connectivity index (χ0v) is 10.6. The van der Waals surface area contributed by atoms with E-state index in [2.05, 4.69) is 39.8 Å². The van der Waals surface area contributed by atoms with Crippen molar-refractivity contribution < 1.29 is 4.74 Å². The molecule has 0 amide bonds. The highest BCUT2D eigenvalue weighted by molar-refractivity contribution is 9.10. The SMILES string of the molecule is CC1OCCC1N(C)c1ccc(Br)cn1. The van der Waals surface area contributed by atoms with Crippen LogP contribution >= 0.6 is 15.9 Å². The van der Waals surface area contributed by atoms with Crippen molar-refractivity contribution in [2.75, 3.05) is 18.6 Å². The van der Waals surface area contributed by atoms with Crippen molar-refractivity contribution >= 4 is 21.7 Å². The topological polar surface area (TPSA) is 25.4 Å². The molecule has 2 atom stereocenters. The number of hydrogen-bond donors (Lipinski definition) is 0. The molecule has 2 rings (SSSR count). The van der Waals surface area contributed by atoms with Gasteiger partial charge in [0, 0.05) is 24.3 Å². The van der Waals surface area contributed by atoms with Crippen LogP contribution in [-0.4, -0.2) is 30.8 Å². The second-order valence-electron chi connectivity index (χ2n) is 3.88. The summed E-state index contributed by atoms with van der Waals surface area (Å²) < 4.78 is 6.56. The summed E-state index contributed by atoms with van der Waals surface area (Å²) in [6.07, 6.45) is 3.20. The van der Waals surface area contributed by atoms with E-state index in [0.29, 0.717) is 12.1 Å². The lowest BCUT2D eigenvalue weighted by Crippen LogP contribution is -2.37. The summed E-state index contributed by atoms with van der Waals surface area (Å²) in [5, 5.41) is 0. The Hall–Kier alpha value is -0.610. The van der Waals surface area contributed by atoms with Crippen LogP contribution in [0, 0.1) is 0 Å². The molecule has 82 valence electrons. The average molecular weight is 271 g/mol. The molecule has 1 aliphatic rings. The first-order chi connectivity index (χ1) is 7.18. The summed E-state index contributed by atoms with van der Waals surface area (Å²) in [7, 11) is 2.08. The maximum atomic E-state index is 5.55. The van der Waals surface area contributed by atoms with E-state index in [1.54, 1.807) is 0 Å². The number of rotatable bonds is 2. The molecular formula is C11H15BrN2O. The van der Waals surface area contributed by atoms with Gasteiger partial charge in [-0.3, -0.25) is 0 Å². The molecule has 1 aliphatic heterocycles. The summed E-state index contributed by atoms with van der Waals surface area (Å²) >= 11 is 3.38. The zero-order valence-electron chi connectivity index (χ0n) is 8.98. The molecule has 15 heavy (non-hydrogen) atoms. The lowest BCUT2D eigenvalue weighted by molar-refractivity contribution is 0.118. The van der Waals surface area contributed by atoms with Gasteiger partial charge in [-0.05, 0) is 41.4 Å². The van der Waals surface area contributed by atoms with Crippen LogP contribution in [0.1, 0.15) is 13.3 Å². The van der Waals surface area contributed by atoms with Crippen LogP contribution in [0.15, 0.2) is 22.8 Å². The van der Waals surface area contributed by atoms with Crippen molar-refractivity contribution in [2.45, 2.75) is 25.5 Å². The molecule has 0 saturated carbocycles. The van der Waals surface area contributed by atoms with Crippen molar-refractivity contribution in [1.29, 1.82) is 0 Å². The number of halogens is 1. The lowest BCUT2D eigenvalue weighted by atomic mass is 10.1. The summed E-state index contributed by atoms with van der Waals surface area (Å²) in [5.41, 5.74) is 0. The molecule has 1 fully saturated rings. The van der Waals surface area contributed by atoms with Crippen molar-refractivity contribution in [3.05, 3.63) is 22.8 Å². The molecule has 0 aromatic carbocycles. The molecule has 0 aliphatic carbocycles. The fourth-order valence-electron chi connectivity index (χ4n) is 1.98. The average Bonchev–Trinajstić information content (AvgIpc) is 2.65. The number of ether oxygens (including phenoxy) is 1. The Bertz CT molecular complexity index is 328. The van der Waals surface area contributed by atoms with Crippen molar-refractivity contribution in [2.24, 2.45) is 0 Å². The molecule has 3 nitrogen and oxygen atoms in total. The summed E-state index contributed by atoms with van der Waals surface area (Å²) in [6.45, 7) is 2.97. The predicted molar refractivity (Wildman–Crippen MR) is 64.2 cm³/mol. The fourth-order valence-corrected chi connectivity index (χ4v) is 2.21. The Morgan fingerprint density at radius 2 is 2.33 bits per heavy atom. The van der Waals surface area contributed by atoms with Crippen molar-refractivity contribution in [3.8, 4) is 0 Å². The van der Waals surface area contributed by atoms with Gasteiger partial charge in [0.1, 0.15) is 5.82 Å². The molecule has 0 radical (unpaired) electrons. The van der Waals surface area contributed by atoms with Gasteiger partial charge in [-0.15, -0.1) is 0 Å². The second kappa shape index (κ2) is 4.49. The third kappa shape index (κ3) is 2.32. The minimum atomic E-state index is 0.292. The lowest BCUT2D eigenvalue weighted by Gasteiger charge is -2.27. The minimum Gasteiger partial charge on any atom is -0.376 e. The summed E-state index contributed by atoms with van der Waals surface area (Å²) in [6, 6.07) is 4.48. The summed E-state index contributed by atoms with van der Waals surface area (Å²) in [5.74, 6) is 1.00. The number of aromatic nitrogens is 1. The van der Waals surface area contributed by atoms with Crippen LogP contribution < -0.4 is 4.90 Å². The van der Waals surface area contributed by atoms with Crippen LogP contribution in [0.2, 0.25) is 0 Å². The van der Waals surface area contributed by atoms with Crippen LogP contribution in [0.5, 0.6) is 0 Å². The third-order valence-corrected chi connectivity index (χ3v) is 3.38. The number of likely N-dealkylation sites (N-methyl/N-ethyl adjacent to an activating group) is 1. The van der Waals surface area contributed by atoms with Gasteiger partial charge < -0.3 is 9.64 Å². The van der Waals surface area contributed by atoms with Gasteiger partial charge in [0.15, 0.2) is 0 Å². The van der Waals surface area contributed by atoms with Gasteiger partial charge in [-0.2, -0.15) is 0 Å². The van der Waals surface area contributed by atoms with E-state index in [1.807, 2.05) is 18.3 Å². The van der Waals surface area contributed by atoms with E-state index < -0.39 is 0 Å². The smallest absolute Gasteiger partial charge is 0.128 e. The predicted octanol–water partition coefficient (Wildman–Crippen LogP) is 2.46. The highest BCUT2D eigenvalue weighted by atomic mass is 79.9. The molecule has 1 saturated heterocycles. The molecule has 0 bridgehead atoms. The van der Waals surface area contributed by atoms with Crippen LogP contribution in [-0.2, 0) is 4.74 Å². The Balaban J connectivity index is 2.13. The molecule has 4 heteroatoms. The first kappa shape index (κ1) is 10.9. The highest BCUT2D eigenvalue weighted by Gasteiger charge is 2.28. The molecule has 0 spiro atoms. The molecule has 1 aromatic rings. The molecule has 1 aromatic heterocycles. The van der Waals surface area contributed by atoms with Gasteiger partial charge in [-0.1, -0.05) is 0 Å². The van der Waals surface area contributed by atoms with Crippen molar-refractivity contribution in [1.82, 2.24) is 4.98 Å². The van der Waals surface area contributed by atoms with Gasteiger partial charge in [0.2, 0.25) is 0 Å². The maximum Gasteiger partial charge on any atom is 0.128 e. The first-order valence-electron chi connectivity index (χ1n) is 5.14. The van der Waals surface area contributed by atoms with E-state index >= 15 is 0 Å². The second-order valence-corrected chi connectivity index (χ2v) is 4.79. The third-order valence-electron chi connectivity index (χ3n) is 2.91. The Kier molecular flexibility index (Phi) is 3.26. The standard InChI is InChI=1S/C11H15BrN2O/c1-8-10(5-6-15-8)14(2)11-4-3-9(12)7-13-11/h3-4,7-8,10H,5-6H2,1-2H3. The molecule has 0 N–H and O–H groups in total. The van der Waals surface area contributed by atoms with E-state index in [0.717, 1.165) is 23.3 Å². The summed E-state index contributed by atoms with van der Waals surface area (Å²) in [4.78, 5) is 6.58. The number of anilines is 1. The first-order valence-corrected chi connectivity index (χ1v) is 5.94. The van der Waals surface area contributed by atoms with E-state index in [4.69, 9.17) is 4.74 Å². The molecule has 2 unspecified atom stereocenters. The Morgan fingerprint density at radius 1 is 1.53 bits per heavy atom. The van der Waals surface area contributed by atoms with E-state index in [1.165, 1.54) is 0 Å². The van der Waals surface area contributed by atoms with Gasteiger partial charge >= 0.3 is 0 Å². The monoisotopic (exact) mass is 270 g/mol. The molecule has 2 heterocycles. The number of pyridine rings is 1. The normalized spacial score (nSPS) is 25.5. The Morgan fingerprint density at radius 3 is 2.87 bits per heavy atom. The van der Waals surface area contributed by atoms with E-state index in [9.17, 15) is 0 Å². The zero-order chi connectivity index (χ0) is 10.8. The van der Waals surface area contributed by atoms with Crippen LogP contribution in [0.3, 0.4) is 0 Å². The number of hydrogen-bond acceptors (Lipinski definition) is 3. The van der Waals surface area contributed by atoms with Crippen molar-refractivity contribution in [3.63, 3.8) is 0 Å². The largest absolute Gasteiger partial charge is 0.376 e. The van der Waals surface area contributed by atoms with Gasteiger partial charge in [0.05, 0.1) is 12.1 Å². The fraction of sp³-hybridized carbons (Fsp3) is 0.545. The molecular weight excluding hydrogens is 256 g/mol. The van der Waals surface area contributed by atoms with Crippen LogP contribution in [0.25, 0.3) is 0 Å². The minimum absolute atomic E-state index is 0.292. The number of nitrogens with zero attached hydrogens (tertiary/aromatic N) is 2. The van der Waals surface area contributed by atoms with E-state index in [-0.39, 0.29) is 0 Å². The Labute approximate surface area is 98.6 Å². The quantitative estimate of drug-likeness (QED) is 0.826. The van der Waals surface area contributed by atoms with Gasteiger partial charge in [0.25, 0.3) is 0 Å². The van der Waals surface area contributed by atoms with Gasteiger partial charge in [-0.25, -0.2) is 4.98 Å². The highest BCUT2D eigenvalue weighted by Crippen LogP contribution is 2.23. The van der Waals surface area contributed by atoms with Crippen LogP contribution in [0.4, 0.5) is 5.82 Å².